The highest BCUT2D eigenvalue weighted by Gasteiger charge is 2.22. The maximum Gasteiger partial charge on any atom is 0.339 e. The average Bonchev–Trinajstić information content (AvgIpc) is 2.74. The van der Waals surface area contributed by atoms with Crippen molar-refractivity contribution >= 4 is 28.9 Å². The first-order chi connectivity index (χ1) is 14.4. The van der Waals surface area contributed by atoms with E-state index in [9.17, 15) is 19.7 Å². The summed E-state index contributed by atoms with van der Waals surface area (Å²) in [6.07, 6.45) is -1.13. The molecule has 1 atom stereocenters. The van der Waals surface area contributed by atoms with Crippen LogP contribution in [0.1, 0.15) is 17.3 Å². The van der Waals surface area contributed by atoms with E-state index >= 15 is 0 Å². The molecular weight excluding hydrogens is 386 g/mol. The first kappa shape index (κ1) is 20.5. The molecule has 3 N–H and O–H groups in total. The van der Waals surface area contributed by atoms with Gasteiger partial charge in [-0.15, -0.1) is 0 Å². The number of nitrogens with zero attached hydrogens (tertiary/aromatic N) is 1. The number of ether oxygens (including phenoxy) is 1. The number of nitrogen functional groups attached to an aromatic ring is 1. The van der Waals surface area contributed by atoms with E-state index in [1.807, 2.05) is 42.5 Å². The number of nitrogens with two attached hydrogens (primary N) is 1. The SMILES string of the molecule is C[C@@H](OC(=O)c1ccc(N)c([N+](=O)[O-])c1)C(=O)Nc1ccccc1-c1ccccc1. The van der Waals surface area contributed by atoms with E-state index in [1.54, 1.807) is 12.1 Å². The van der Waals surface area contributed by atoms with Crippen LogP contribution in [0.3, 0.4) is 0 Å². The number of carbonyl (C=O) groups is 2. The van der Waals surface area contributed by atoms with Crippen molar-refractivity contribution in [2.24, 2.45) is 0 Å². The second-order valence-electron chi connectivity index (χ2n) is 6.48. The number of hydrogen-bond acceptors (Lipinski definition) is 6. The Morgan fingerprint density at radius 1 is 1.03 bits per heavy atom. The third-order valence-corrected chi connectivity index (χ3v) is 4.39. The predicted octanol–water partition coefficient (Wildman–Crippen LogP) is 4.03. The van der Waals surface area contributed by atoms with Crippen LogP contribution in [0, 0.1) is 10.1 Å². The highest BCUT2D eigenvalue weighted by atomic mass is 16.6. The second-order valence-corrected chi connectivity index (χ2v) is 6.48. The van der Waals surface area contributed by atoms with Gasteiger partial charge in [-0.25, -0.2) is 4.79 Å². The molecule has 0 aliphatic heterocycles. The Balaban J connectivity index is 1.73. The summed E-state index contributed by atoms with van der Waals surface area (Å²) in [4.78, 5) is 35.2. The van der Waals surface area contributed by atoms with E-state index < -0.39 is 28.6 Å². The van der Waals surface area contributed by atoms with E-state index in [-0.39, 0.29) is 11.3 Å². The molecule has 0 aliphatic rings. The zero-order valence-electron chi connectivity index (χ0n) is 16.1. The van der Waals surface area contributed by atoms with Gasteiger partial charge in [-0.05, 0) is 30.7 Å². The highest BCUT2D eigenvalue weighted by molar-refractivity contribution is 6.00. The Kier molecular flexibility index (Phi) is 6.07. The van der Waals surface area contributed by atoms with Crippen LogP contribution >= 0.6 is 0 Å². The summed E-state index contributed by atoms with van der Waals surface area (Å²) in [5, 5.41) is 13.7. The van der Waals surface area contributed by atoms with Gasteiger partial charge in [0, 0.05) is 17.3 Å². The molecule has 30 heavy (non-hydrogen) atoms. The Morgan fingerprint density at radius 2 is 1.70 bits per heavy atom. The molecule has 3 rings (SSSR count). The summed E-state index contributed by atoms with van der Waals surface area (Å²) in [7, 11) is 0. The monoisotopic (exact) mass is 405 g/mol. The molecule has 8 heteroatoms. The lowest BCUT2D eigenvalue weighted by atomic mass is 10.0. The van der Waals surface area contributed by atoms with Crippen LogP contribution in [-0.2, 0) is 9.53 Å². The summed E-state index contributed by atoms with van der Waals surface area (Å²) in [6, 6.07) is 20.4. The largest absolute Gasteiger partial charge is 0.449 e. The number of nitro groups is 1. The molecule has 0 aliphatic carbocycles. The fourth-order valence-electron chi connectivity index (χ4n) is 2.81. The van der Waals surface area contributed by atoms with Crippen LogP contribution in [0.5, 0.6) is 0 Å². The van der Waals surface area contributed by atoms with Gasteiger partial charge in [-0.3, -0.25) is 14.9 Å². The zero-order chi connectivity index (χ0) is 21.7. The first-order valence-electron chi connectivity index (χ1n) is 9.07. The van der Waals surface area contributed by atoms with E-state index in [1.165, 1.54) is 19.1 Å². The third kappa shape index (κ3) is 4.61. The summed E-state index contributed by atoms with van der Waals surface area (Å²) in [5.74, 6) is -1.39. The Morgan fingerprint density at radius 3 is 2.40 bits per heavy atom. The zero-order valence-corrected chi connectivity index (χ0v) is 16.1. The number of nitrogens with one attached hydrogen (secondary N) is 1. The van der Waals surface area contributed by atoms with Crippen molar-refractivity contribution < 1.29 is 19.2 Å². The van der Waals surface area contributed by atoms with Crippen LogP contribution in [0.4, 0.5) is 17.1 Å². The maximum absolute atomic E-state index is 12.6. The minimum atomic E-state index is -1.13. The minimum Gasteiger partial charge on any atom is -0.449 e. The smallest absolute Gasteiger partial charge is 0.339 e. The fourth-order valence-corrected chi connectivity index (χ4v) is 2.81. The normalized spacial score (nSPS) is 11.4. The van der Waals surface area contributed by atoms with Crippen molar-refractivity contribution in [2.75, 3.05) is 11.1 Å². The van der Waals surface area contributed by atoms with Gasteiger partial charge in [-0.1, -0.05) is 48.5 Å². The van der Waals surface area contributed by atoms with Gasteiger partial charge >= 0.3 is 5.97 Å². The van der Waals surface area contributed by atoms with Gasteiger partial charge in [0.15, 0.2) is 6.10 Å². The fraction of sp³-hybridized carbons (Fsp3) is 0.0909. The molecule has 0 aromatic heterocycles. The molecule has 3 aromatic rings. The number of amides is 1. The lowest BCUT2D eigenvalue weighted by Gasteiger charge is -2.16. The quantitative estimate of drug-likeness (QED) is 0.276. The van der Waals surface area contributed by atoms with E-state index in [0.717, 1.165) is 17.2 Å². The summed E-state index contributed by atoms with van der Waals surface area (Å²) in [6.45, 7) is 1.42. The molecule has 0 radical (unpaired) electrons. The Hall–Kier alpha value is -4.20. The lowest BCUT2D eigenvalue weighted by molar-refractivity contribution is -0.383. The molecule has 8 nitrogen and oxygen atoms in total. The maximum atomic E-state index is 12.6. The van der Waals surface area contributed by atoms with Crippen LogP contribution < -0.4 is 11.1 Å². The van der Waals surface area contributed by atoms with Crippen LogP contribution in [-0.4, -0.2) is 22.9 Å². The van der Waals surface area contributed by atoms with Crippen molar-refractivity contribution in [1.29, 1.82) is 0 Å². The van der Waals surface area contributed by atoms with Gasteiger partial charge in [0.05, 0.1) is 10.5 Å². The standard InChI is InChI=1S/C22H19N3O5/c1-14(30-22(27)16-11-12-18(23)20(13-16)25(28)29)21(26)24-19-10-6-5-9-17(19)15-7-3-2-4-8-15/h2-14H,23H2,1H3,(H,24,26)/t14-/m1/s1. The molecule has 0 unspecified atom stereocenters. The number of esters is 1. The first-order valence-corrected chi connectivity index (χ1v) is 9.07. The minimum absolute atomic E-state index is 0.0692. The van der Waals surface area contributed by atoms with Crippen molar-refractivity contribution in [1.82, 2.24) is 0 Å². The summed E-state index contributed by atoms with van der Waals surface area (Å²) in [5.41, 5.74) is 7.30. The molecule has 0 heterocycles. The topological polar surface area (TPSA) is 125 Å². The van der Waals surface area contributed by atoms with Crippen LogP contribution in [0.15, 0.2) is 72.8 Å². The molecule has 0 saturated carbocycles. The van der Waals surface area contributed by atoms with E-state index in [4.69, 9.17) is 10.5 Å². The van der Waals surface area contributed by atoms with Crippen molar-refractivity contribution in [3.05, 3.63) is 88.5 Å². The molecule has 0 spiro atoms. The van der Waals surface area contributed by atoms with Gasteiger partial charge in [0.25, 0.3) is 11.6 Å². The number of anilines is 2. The molecule has 0 bridgehead atoms. The van der Waals surface area contributed by atoms with Crippen LogP contribution in [0.2, 0.25) is 0 Å². The van der Waals surface area contributed by atoms with Gasteiger partial charge in [0.1, 0.15) is 5.69 Å². The molecule has 152 valence electrons. The summed E-state index contributed by atoms with van der Waals surface area (Å²) >= 11 is 0. The van der Waals surface area contributed by atoms with Gasteiger partial charge in [0.2, 0.25) is 0 Å². The average molecular weight is 405 g/mol. The highest BCUT2D eigenvalue weighted by Crippen LogP contribution is 2.28. The lowest BCUT2D eigenvalue weighted by Crippen LogP contribution is -2.30. The number of benzene rings is 3. The summed E-state index contributed by atoms with van der Waals surface area (Å²) < 4.78 is 5.18. The predicted molar refractivity (Wildman–Crippen MR) is 113 cm³/mol. The van der Waals surface area contributed by atoms with Gasteiger partial charge < -0.3 is 15.8 Å². The van der Waals surface area contributed by atoms with Crippen molar-refractivity contribution in [2.45, 2.75) is 13.0 Å². The number of nitro benzene ring substituents is 1. The second kappa shape index (κ2) is 8.87. The number of para-hydroxylation sites is 1. The third-order valence-electron chi connectivity index (χ3n) is 4.39. The molecule has 1 amide bonds. The van der Waals surface area contributed by atoms with E-state index in [0.29, 0.717) is 5.69 Å². The Bertz CT molecular complexity index is 1100. The van der Waals surface area contributed by atoms with Crippen molar-refractivity contribution in [3.8, 4) is 11.1 Å². The molecular formula is C22H19N3O5. The molecule has 3 aromatic carbocycles. The Labute approximate surface area is 172 Å². The van der Waals surface area contributed by atoms with Crippen LogP contribution in [0.25, 0.3) is 11.1 Å². The molecule has 0 saturated heterocycles. The van der Waals surface area contributed by atoms with Crippen molar-refractivity contribution in [3.63, 3.8) is 0 Å². The molecule has 0 fully saturated rings. The number of hydrogen-bond donors (Lipinski definition) is 2. The van der Waals surface area contributed by atoms with Gasteiger partial charge in [-0.2, -0.15) is 0 Å². The number of carbonyl (C=O) groups excluding carboxylic acids is 2. The van der Waals surface area contributed by atoms with E-state index in [2.05, 4.69) is 5.32 Å². The number of rotatable bonds is 6.